The summed E-state index contributed by atoms with van der Waals surface area (Å²) in [6, 6.07) is 4.68. The Kier molecular flexibility index (Phi) is 4.07. The second-order valence-electron chi connectivity index (χ2n) is 4.75. The number of benzene rings is 1. The maximum absolute atomic E-state index is 13.0. The van der Waals surface area contributed by atoms with Crippen LogP contribution in [0.2, 0.25) is 0 Å². The van der Waals surface area contributed by atoms with Crippen LogP contribution in [0.1, 0.15) is 31.2 Å². The van der Waals surface area contributed by atoms with Gasteiger partial charge in [0, 0.05) is 18.6 Å². The van der Waals surface area contributed by atoms with Gasteiger partial charge in [-0.25, -0.2) is 8.78 Å². The van der Waals surface area contributed by atoms with Gasteiger partial charge in [-0.3, -0.25) is 0 Å². The SMILES string of the molecule is NC1CCCC(NCc2ccc(F)c(F)c2)C1. The topological polar surface area (TPSA) is 38.0 Å². The van der Waals surface area contributed by atoms with Gasteiger partial charge in [0.1, 0.15) is 0 Å². The minimum absolute atomic E-state index is 0.270. The van der Waals surface area contributed by atoms with E-state index in [1.807, 2.05) is 0 Å². The van der Waals surface area contributed by atoms with Gasteiger partial charge in [-0.15, -0.1) is 0 Å². The molecule has 94 valence electrons. The van der Waals surface area contributed by atoms with Crippen molar-refractivity contribution in [1.29, 1.82) is 0 Å². The fraction of sp³-hybridized carbons (Fsp3) is 0.538. The molecule has 3 N–H and O–H groups in total. The molecule has 2 rings (SSSR count). The van der Waals surface area contributed by atoms with Crippen LogP contribution in [0.4, 0.5) is 8.78 Å². The Morgan fingerprint density at radius 2 is 2.06 bits per heavy atom. The van der Waals surface area contributed by atoms with Crippen LogP contribution in [-0.4, -0.2) is 12.1 Å². The van der Waals surface area contributed by atoms with Crippen LogP contribution in [0.5, 0.6) is 0 Å². The first kappa shape index (κ1) is 12.5. The highest BCUT2D eigenvalue weighted by Gasteiger charge is 2.18. The maximum Gasteiger partial charge on any atom is 0.159 e. The van der Waals surface area contributed by atoms with E-state index in [1.165, 1.54) is 12.1 Å². The average Bonchev–Trinajstić information content (AvgIpc) is 2.31. The molecule has 2 unspecified atom stereocenters. The zero-order chi connectivity index (χ0) is 12.3. The summed E-state index contributed by atoms with van der Waals surface area (Å²) in [7, 11) is 0. The Morgan fingerprint density at radius 3 is 2.76 bits per heavy atom. The molecule has 0 heterocycles. The van der Waals surface area contributed by atoms with Crippen LogP contribution in [-0.2, 0) is 6.54 Å². The highest BCUT2D eigenvalue weighted by molar-refractivity contribution is 5.17. The molecule has 1 aromatic rings. The van der Waals surface area contributed by atoms with E-state index in [2.05, 4.69) is 5.32 Å². The van der Waals surface area contributed by atoms with Crippen molar-refractivity contribution in [1.82, 2.24) is 5.32 Å². The van der Waals surface area contributed by atoms with Gasteiger partial charge in [0.15, 0.2) is 11.6 Å². The highest BCUT2D eigenvalue weighted by atomic mass is 19.2. The zero-order valence-electron chi connectivity index (χ0n) is 9.76. The average molecular weight is 240 g/mol. The number of nitrogens with one attached hydrogen (secondary N) is 1. The van der Waals surface area contributed by atoms with Crippen molar-refractivity contribution in [3.05, 3.63) is 35.4 Å². The fourth-order valence-electron chi connectivity index (χ4n) is 2.32. The molecule has 0 amide bonds. The van der Waals surface area contributed by atoms with Crippen molar-refractivity contribution < 1.29 is 8.78 Å². The lowest BCUT2D eigenvalue weighted by molar-refractivity contribution is 0.338. The minimum Gasteiger partial charge on any atom is -0.328 e. The van der Waals surface area contributed by atoms with E-state index < -0.39 is 11.6 Å². The van der Waals surface area contributed by atoms with Gasteiger partial charge < -0.3 is 11.1 Å². The molecule has 2 nitrogen and oxygen atoms in total. The zero-order valence-corrected chi connectivity index (χ0v) is 9.76. The molecule has 1 aliphatic rings. The highest BCUT2D eigenvalue weighted by Crippen LogP contribution is 2.17. The number of halogens is 2. The molecule has 1 aliphatic carbocycles. The lowest BCUT2D eigenvalue weighted by atomic mass is 9.91. The van der Waals surface area contributed by atoms with Crippen LogP contribution in [0.15, 0.2) is 18.2 Å². The van der Waals surface area contributed by atoms with Crippen molar-refractivity contribution >= 4 is 0 Å². The van der Waals surface area contributed by atoms with Crippen molar-refractivity contribution in [2.45, 2.75) is 44.3 Å². The van der Waals surface area contributed by atoms with Gasteiger partial charge in [0.05, 0.1) is 0 Å². The molecule has 1 aromatic carbocycles. The van der Waals surface area contributed by atoms with Gasteiger partial charge in [-0.1, -0.05) is 12.5 Å². The van der Waals surface area contributed by atoms with E-state index >= 15 is 0 Å². The molecule has 0 saturated heterocycles. The Labute approximate surface area is 100 Å². The van der Waals surface area contributed by atoms with Gasteiger partial charge in [0.2, 0.25) is 0 Å². The molecule has 0 spiro atoms. The quantitative estimate of drug-likeness (QED) is 0.851. The molecular weight excluding hydrogens is 222 g/mol. The summed E-state index contributed by atoms with van der Waals surface area (Å²) < 4.78 is 25.7. The molecule has 0 aromatic heterocycles. The number of hydrogen-bond acceptors (Lipinski definition) is 2. The predicted octanol–water partition coefficient (Wildman–Crippen LogP) is 2.32. The first-order valence-corrected chi connectivity index (χ1v) is 6.08. The summed E-state index contributed by atoms with van der Waals surface area (Å²) in [5.74, 6) is -1.59. The Balaban J connectivity index is 1.86. The Bertz CT molecular complexity index is 382. The molecule has 2 atom stereocenters. The monoisotopic (exact) mass is 240 g/mol. The van der Waals surface area contributed by atoms with E-state index in [9.17, 15) is 8.78 Å². The van der Waals surface area contributed by atoms with Crippen molar-refractivity contribution in [3.63, 3.8) is 0 Å². The molecule has 0 radical (unpaired) electrons. The first-order valence-electron chi connectivity index (χ1n) is 6.08. The second kappa shape index (κ2) is 5.56. The van der Waals surface area contributed by atoms with Gasteiger partial charge in [-0.2, -0.15) is 0 Å². The van der Waals surface area contributed by atoms with Crippen LogP contribution in [0.25, 0.3) is 0 Å². The van der Waals surface area contributed by atoms with Crippen LogP contribution < -0.4 is 11.1 Å². The Hall–Kier alpha value is -1.00. The van der Waals surface area contributed by atoms with Crippen molar-refractivity contribution in [3.8, 4) is 0 Å². The molecule has 4 heteroatoms. The summed E-state index contributed by atoms with van der Waals surface area (Å²) in [4.78, 5) is 0. The first-order chi connectivity index (χ1) is 8.15. The molecule has 0 bridgehead atoms. The van der Waals surface area contributed by atoms with E-state index in [4.69, 9.17) is 5.73 Å². The molecule has 17 heavy (non-hydrogen) atoms. The van der Waals surface area contributed by atoms with Crippen LogP contribution >= 0.6 is 0 Å². The Morgan fingerprint density at radius 1 is 1.24 bits per heavy atom. The lowest BCUT2D eigenvalue weighted by Crippen LogP contribution is -2.39. The third kappa shape index (κ3) is 3.48. The summed E-state index contributed by atoms with van der Waals surface area (Å²) in [5.41, 5.74) is 6.66. The molecular formula is C13H18F2N2. The maximum atomic E-state index is 13.0. The van der Waals surface area contributed by atoms with Gasteiger partial charge in [-0.05, 0) is 37.0 Å². The van der Waals surface area contributed by atoms with Crippen LogP contribution in [0, 0.1) is 11.6 Å². The van der Waals surface area contributed by atoms with E-state index in [0.717, 1.165) is 31.2 Å². The number of rotatable bonds is 3. The number of hydrogen-bond donors (Lipinski definition) is 2. The van der Waals surface area contributed by atoms with Crippen molar-refractivity contribution in [2.75, 3.05) is 0 Å². The van der Waals surface area contributed by atoms with E-state index in [1.54, 1.807) is 6.07 Å². The predicted molar refractivity (Wildman–Crippen MR) is 63.4 cm³/mol. The summed E-state index contributed by atoms with van der Waals surface area (Å²) >= 11 is 0. The van der Waals surface area contributed by atoms with Crippen molar-refractivity contribution in [2.24, 2.45) is 5.73 Å². The van der Waals surface area contributed by atoms with E-state index in [-0.39, 0.29) is 6.04 Å². The largest absolute Gasteiger partial charge is 0.328 e. The normalized spacial score (nSPS) is 24.9. The summed E-state index contributed by atoms with van der Waals surface area (Å²) in [6.07, 6.45) is 4.29. The summed E-state index contributed by atoms with van der Waals surface area (Å²) in [6.45, 7) is 0.564. The number of nitrogens with two attached hydrogens (primary N) is 1. The minimum atomic E-state index is -0.798. The van der Waals surface area contributed by atoms with Gasteiger partial charge >= 0.3 is 0 Å². The third-order valence-electron chi connectivity index (χ3n) is 3.29. The fourth-order valence-corrected chi connectivity index (χ4v) is 2.32. The smallest absolute Gasteiger partial charge is 0.159 e. The second-order valence-corrected chi connectivity index (χ2v) is 4.75. The molecule has 1 saturated carbocycles. The van der Waals surface area contributed by atoms with E-state index in [0.29, 0.717) is 12.6 Å². The van der Waals surface area contributed by atoms with Gasteiger partial charge in [0.25, 0.3) is 0 Å². The standard InChI is InChI=1S/C13H18F2N2/c14-12-5-4-9(6-13(12)15)8-17-11-3-1-2-10(16)7-11/h4-6,10-11,17H,1-3,7-8,16H2. The van der Waals surface area contributed by atoms with Crippen LogP contribution in [0.3, 0.4) is 0 Å². The third-order valence-corrected chi connectivity index (χ3v) is 3.29. The molecule has 0 aliphatic heterocycles. The summed E-state index contributed by atoms with van der Waals surface area (Å²) in [5, 5.41) is 3.35. The lowest BCUT2D eigenvalue weighted by Gasteiger charge is -2.27. The molecule has 1 fully saturated rings.